The van der Waals surface area contributed by atoms with E-state index >= 15 is 0 Å². The number of carboxylic acid groups (broad SMARTS) is 1. The number of carbonyl (C=O) groups is 1. The van der Waals surface area contributed by atoms with Gasteiger partial charge in [0.25, 0.3) is 0 Å². The molecule has 1 saturated carbocycles. The fraction of sp³-hybridized carbons (Fsp3) is 0.611. The molecule has 0 spiro atoms. The second-order valence-electron chi connectivity index (χ2n) is 7.80. The minimum absolute atomic E-state index is 0.126. The van der Waals surface area contributed by atoms with Gasteiger partial charge in [-0.3, -0.25) is 0 Å². The van der Waals surface area contributed by atoms with Crippen LogP contribution in [-0.2, 0) is 9.31 Å². The highest BCUT2D eigenvalue weighted by Gasteiger charge is 2.51. The molecule has 2 atom stereocenters. The highest BCUT2D eigenvalue weighted by atomic mass is 16.7. The van der Waals surface area contributed by atoms with Crippen LogP contribution in [0, 0.1) is 0 Å². The zero-order chi connectivity index (χ0) is 18.2. The molecule has 0 radical (unpaired) electrons. The van der Waals surface area contributed by atoms with Crippen molar-refractivity contribution in [3.63, 3.8) is 0 Å². The Labute approximate surface area is 149 Å². The summed E-state index contributed by atoms with van der Waals surface area (Å²) >= 11 is 0. The van der Waals surface area contributed by atoms with E-state index in [1.54, 1.807) is 0 Å². The summed E-state index contributed by atoms with van der Waals surface area (Å²) in [5.74, 6) is 0.726. The molecule has 2 fully saturated rings. The Morgan fingerprint density at radius 1 is 1.16 bits per heavy atom. The first-order valence-corrected chi connectivity index (χ1v) is 8.80. The number of amides is 1. The molecular weight excluding hydrogens is 321 g/mol. The smallest absolute Gasteiger partial charge is 0.488 e. The van der Waals surface area contributed by atoms with E-state index in [-0.39, 0.29) is 23.3 Å². The maximum absolute atomic E-state index is 10.9. The van der Waals surface area contributed by atoms with Crippen molar-refractivity contribution in [2.75, 3.05) is 0 Å². The van der Waals surface area contributed by atoms with Gasteiger partial charge in [0.05, 0.1) is 17.2 Å². The van der Waals surface area contributed by atoms with Crippen LogP contribution in [0.25, 0.3) is 0 Å². The van der Waals surface area contributed by atoms with Gasteiger partial charge in [-0.1, -0.05) is 12.1 Å². The van der Waals surface area contributed by atoms with Crippen LogP contribution in [0.15, 0.2) is 24.3 Å². The molecule has 1 aromatic carbocycles. The number of hydrogen-bond donors (Lipinski definition) is 2. The van der Waals surface area contributed by atoms with Crippen molar-refractivity contribution < 1.29 is 23.9 Å². The molecule has 2 unspecified atom stereocenters. The van der Waals surface area contributed by atoms with Crippen LogP contribution in [0.2, 0.25) is 0 Å². The molecule has 25 heavy (non-hydrogen) atoms. The van der Waals surface area contributed by atoms with Gasteiger partial charge in [-0.05, 0) is 64.6 Å². The van der Waals surface area contributed by atoms with Crippen LogP contribution in [0.5, 0.6) is 5.75 Å². The van der Waals surface area contributed by atoms with E-state index in [1.807, 2.05) is 52.0 Å². The first-order chi connectivity index (χ1) is 11.7. The lowest BCUT2D eigenvalue weighted by Crippen LogP contribution is -2.41. The van der Waals surface area contributed by atoms with Crippen molar-refractivity contribution in [2.24, 2.45) is 0 Å². The fourth-order valence-electron chi connectivity index (χ4n) is 3.25. The largest absolute Gasteiger partial charge is 0.494 e. The standard InChI is InChI=1S/C18H26BNO5/c1-17(2)18(3,4)25-19(24-17)12-8-10-13(11-9-12)23-15-7-5-6-14(15)20-16(21)22/h8-11,14-15,20H,5-7H2,1-4H3,(H,21,22). The molecular formula is C18H26BNO5. The number of rotatable bonds is 4. The van der Waals surface area contributed by atoms with Crippen LogP contribution in [0.3, 0.4) is 0 Å². The van der Waals surface area contributed by atoms with Gasteiger partial charge in [-0.15, -0.1) is 0 Å². The molecule has 2 N–H and O–H groups in total. The van der Waals surface area contributed by atoms with Gasteiger partial charge in [0.2, 0.25) is 0 Å². The number of benzene rings is 1. The third kappa shape index (κ3) is 3.77. The molecule has 6 nitrogen and oxygen atoms in total. The molecule has 1 aromatic rings. The summed E-state index contributed by atoms with van der Waals surface area (Å²) in [6.07, 6.45) is 1.49. The first kappa shape index (κ1) is 18.1. The van der Waals surface area contributed by atoms with Crippen molar-refractivity contribution in [1.29, 1.82) is 0 Å². The maximum Gasteiger partial charge on any atom is 0.494 e. The highest BCUT2D eigenvalue weighted by Crippen LogP contribution is 2.36. The lowest BCUT2D eigenvalue weighted by molar-refractivity contribution is 0.00578. The predicted octanol–water partition coefficient (Wildman–Crippen LogP) is 2.55. The second kappa shape index (κ2) is 6.54. The highest BCUT2D eigenvalue weighted by molar-refractivity contribution is 6.62. The molecule has 7 heteroatoms. The summed E-state index contributed by atoms with van der Waals surface area (Å²) < 4.78 is 18.1. The van der Waals surface area contributed by atoms with E-state index in [1.165, 1.54) is 0 Å². The Morgan fingerprint density at radius 3 is 2.32 bits per heavy atom. The molecule has 136 valence electrons. The van der Waals surface area contributed by atoms with Gasteiger partial charge in [0.1, 0.15) is 11.9 Å². The zero-order valence-corrected chi connectivity index (χ0v) is 15.2. The summed E-state index contributed by atoms with van der Waals surface area (Å²) in [6, 6.07) is 7.49. The predicted molar refractivity (Wildman–Crippen MR) is 95.4 cm³/mol. The van der Waals surface area contributed by atoms with E-state index in [9.17, 15) is 4.79 Å². The Morgan fingerprint density at radius 2 is 1.76 bits per heavy atom. The molecule has 2 aliphatic rings. The van der Waals surface area contributed by atoms with Gasteiger partial charge in [-0.2, -0.15) is 0 Å². The van der Waals surface area contributed by atoms with Gasteiger partial charge in [0, 0.05) is 0 Å². The normalized spacial score (nSPS) is 27.3. The van der Waals surface area contributed by atoms with Crippen LogP contribution < -0.4 is 15.5 Å². The molecule has 0 bridgehead atoms. The Hall–Kier alpha value is -1.73. The van der Waals surface area contributed by atoms with Crippen molar-refractivity contribution in [3.8, 4) is 5.75 Å². The second-order valence-corrected chi connectivity index (χ2v) is 7.80. The van der Waals surface area contributed by atoms with Gasteiger partial charge >= 0.3 is 13.2 Å². The average Bonchev–Trinajstić information content (AvgIpc) is 3.01. The lowest BCUT2D eigenvalue weighted by atomic mass is 9.79. The van der Waals surface area contributed by atoms with E-state index in [0.29, 0.717) is 0 Å². The molecule has 3 rings (SSSR count). The maximum atomic E-state index is 10.9. The van der Waals surface area contributed by atoms with Crippen molar-refractivity contribution in [1.82, 2.24) is 5.32 Å². The topological polar surface area (TPSA) is 77.0 Å². The molecule has 0 aromatic heterocycles. The van der Waals surface area contributed by atoms with E-state index in [4.69, 9.17) is 19.2 Å². The third-order valence-corrected chi connectivity index (χ3v) is 5.45. The minimum Gasteiger partial charge on any atom is -0.488 e. The van der Waals surface area contributed by atoms with E-state index in [2.05, 4.69) is 5.32 Å². The minimum atomic E-state index is -1.00. The van der Waals surface area contributed by atoms with Gasteiger partial charge < -0.3 is 24.5 Å². The summed E-state index contributed by atoms with van der Waals surface area (Å²) in [6.45, 7) is 8.11. The fourth-order valence-corrected chi connectivity index (χ4v) is 3.25. The van der Waals surface area contributed by atoms with E-state index in [0.717, 1.165) is 30.5 Å². The average molecular weight is 347 g/mol. The molecule has 1 amide bonds. The first-order valence-electron chi connectivity index (χ1n) is 8.80. The summed E-state index contributed by atoms with van der Waals surface area (Å²) in [4.78, 5) is 10.9. The molecule has 1 aliphatic carbocycles. The van der Waals surface area contributed by atoms with Crippen molar-refractivity contribution in [2.45, 2.75) is 70.3 Å². The van der Waals surface area contributed by atoms with Gasteiger partial charge in [0.15, 0.2) is 0 Å². The molecule has 1 saturated heterocycles. The van der Waals surface area contributed by atoms with Crippen LogP contribution in [0.1, 0.15) is 47.0 Å². The number of hydrogen-bond acceptors (Lipinski definition) is 4. The Bertz CT molecular complexity index is 615. The van der Waals surface area contributed by atoms with E-state index < -0.39 is 13.2 Å². The molecule has 1 aliphatic heterocycles. The summed E-state index contributed by atoms with van der Waals surface area (Å²) in [5.41, 5.74) is 0.205. The zero-order valence-electron chi connectivity index (χ0n) is 15.2. The SMILES string of the molecule is CC1(C)OB(c2ccc(OC3CCCC3NC(=O)O)cc2)OC1(C)C. The van der Waals surface area contributed by atoms with Gasteiger partial charge in [-0.25, -0.2) is 4.79 Å². The summed E-state index contributed by atoms with van der Waals surface area (Å²) in [5, 5.41) is 11.4. The molecule has 1 heterocycles. The summed E-state index contributed by atoms with van der Waals surface area (Å²) in [7, 11) is -0.396. The number of ether oxygens (including phenoxy) is 1. The number of nitrogens with one attached hydrogen (secondary N) is 1. The quantitative estimate of drug-likeness (QED) is 0.819. The van der Waals surface area contributed by atoms with Crippen LogP contribution >= 0.6 is 0 Å². The van der Waals surface area contributed by atoms with Crippen molar-refractivity contribution >= 4 is 18.7 Å². The lowest BCUT2D eigenvalue weighted by Gasteiger charge is -2.32. The Balaban J connectivity index is 1.64. The van der Waals surface area contributed by atoms with Crippen LogP contribution in [-0.4, -0.2) is 41.7 Å². The third-order valence-electron chi connectivity index (χ3n) is 5.45. The van der Waals surface area contributed by atoms with Crippen molar-refractivity contribution in [3.05, 3.63) is 24.3 Å². The Kier molecular flexibility index (Phi) is 4.73. The monoisotopic (exact) mass is 347 g/mol. The van der Waals surface area contributed by atoms with Crippen LogP contribution in [0.4, 0.5) is 4.79 Å².